The van der Waals surface area contributed by atoms with Gasteiger partial charge < -0.3 is 30.1 Å². The Morgan fingerprint density at radius 3 is 3.08 bits per heavy atom. The molecule has 1 fully saturated rings. The van der Waals surface area contributed by atoms with E-state index in [1.54, 1.807) is 11.1 Å². The monoisotopic (exact) mass is 363 g/mol. The van der Waals surface area contributed by atoms with E-state index < -0.39 is 6.10 Å². The zero-order valence-corrected chi connectivity index (χ0v) is 14.6. The van der Waals surface area contributed by atoms with E-state index in [9.17, 15) is 9.90 Å². The van der Waals surface area contributed by atoms with Crippen molar-refractivity contribution in [1.82, 2.24) is 25.7 Å². The zero-order valence-electron chi connectivity index (χ0n) is 14.6. The number of aliphatic hydroxyl groups is 1. The minimum absolute atomic E-state index is 0.0767. The molecule has 0 saturated carbocycles. The Bertz CT molecular complexity index is 701. The van der Waals surface area contributed by atoms with Crippen LogP contribution in [0, 0.1) is 0 Å². The van der Waals surface area contributed by atoms with Crippen molar-refractivity contribution in [3.63, 3.8) is 0 Å². The second kappa shape index (κ2) is 9.37. The number of urea groups is 1. The van der Waals surface area contributed by atoms with Gasteiger partial charge in [-0.15, -0.1) is 0 Å². The van der Waals surface area contributed by atoms with Crippen LogP contribution in [0.2, 0.25) is 0 Å². The van der Waals surface area contributed by atoms with Crippen LogP contribution in [0.25, 0.3) is 10.9 Å². The van der Waals surface area contributed by atoms with Gasteiger partial charge in [-0.25, -0.2) is 4.79 Å². The number of morpholine rings is 1. The van der Waals surface area contributed by atoms with Gasteiger partial charge in [0.1, 0.15) is 18.5 Å². The molecule has 1 aliphatic rings. The highest BCUT2D eigenvalue weighted by atomic mass is 16.5. The molecule has 142 valence electrons. The van der Waals surface area contributed by atoms with E-state index in [1.165, 1.54) is 0 Å². The quantitative estimate of drug-likeness (QED) is 0.489. The van der Waals surface area contributed by atoms with Gasteiger partial charge in [0.25, 0.3) is 0 Å². The second-order valence-electron chi connectivity index (χ2n) is 6.09. The average Bonchev–Trinajstić information content (AvgIpc) is 3.16. The lowest BCUT2D eigenvalue weighted by atomic mass is 10.2. The molecule has 1 aliphatic heterocycles. The van der Waals surface area contributed by atoms with Crippen LogP contribution in [-0.2, 0) is 4.74 Å². The summed E-state index contributed by atoms with van der Waals surface area (Å²) in [4.78, 5) is 13.6. The number of hydrogen-bond acceptors (Lipinski definition) is 6. The molecule has 2 heterocycles. The van der Waals surface area contributed by atoms with E-state index in [0.29, 0.717) is 51.7 Å². The molecule has 1 aromatic carbocycles. The Hall–Kier alpha value is -2.36. The summed E-state index contributed by atoms with van der Waals surface area (Å²) >= 11 is 0. The number of nitrogens with one attached hydrogen (secondary N) is 3. The van der Waals surface area contributed by atoms with Crippen molar-refractivity contribution in [3.8, 4) is 5.75 Å². The van der Waals surface area contributed by atoms with Crippen LogP contribution in [-0.4, -0.2) is 84.9 Å². The highest BCUT2D eigenvalue weighted by Crippen LogP contribution is 2.23. The lowest BCUT2D eigenvalue weighted by Crippen LogP contribution is -2.47. The molecule has 3 rings (SSSR count). The number of fused-ring (bicyclic) bond motifs is 1. The van der Waals surface area contributed by atoms with Gasteiger partial charge in [0, 0.05) is 32.7 Å². The lowest BCUT2D eigenvalue weighted by Gasteiger charge is -2.27. The molecular weight excluding hydrogens is 338 g/mol. The molecule has 2 aromatic rings. The zero-order chi connectivity index (χ0) is 18.2. The number of H-pyrrole nitrogens is 1. The highest BCUT2D eigenvalue weighted by Gasteiger charge is 2.15. The minimum Gasteiger partial charge on any atom is -0.490 e. The number of carbonyl (C=O) groups is 1. The van der Waals surface area contributed by atoms with E-state index >= 15 is 0 Å². The molecule has 0 spiro atoms. The number of benzene rings is 1. The molecule has 9 heteroatoms. The van der Waals surface area contributed by atoms with Crippen molar-refractivity contribution < 1.29 is 19.4 Å². The smallest absolute Gasteiger partial charge is 0.317 e. The summed E-state index contributed by atoms with van der Waals surface area (Å²) in [5.74, 6) is 0.688. The summed E-state index contributed by atoms with van der Waals surface area (Å²) in [6.07, 6.45) is 1.05. The van der Waals surface area contributed by atoms with E-state index in [0.717, 1.165) is 10.9 Å². The van der Waals surface area contributed by atoms with Gasteiger partial charge in [0.2, 0.25) is 0 Å². The van der Waals surface area contributed by atoms with Crippen molar-refractivity contribution >= 4 is 16.9 Å². The van der Waals surface area contributed by atoms with Crippen LogP contribution in [0.4, 0.5) is 4.79 Å². The number of hydrogen-bond donors (Lipinski definition) is 4. The highest BCUT2D eigenvalue weighted by molar-refractivity contribution is 5.84. The van der Waals surface area contributed by atoms with E-state index in [1.807, 2.05) is 18.2 Å². The molecule has 1 atom stereocenters. The Morgan fingerprint density at radius 1 is 1.38 bits per heavy atom. The molecule has 1 aromatic heterocycles. The van der Waals surface area contributed by atoms with E-state index in [4.69, 9.17) is 9.47 Å². The molecule has 0 radical (unpaired) electrons. The van der Waals surface area contributed by atoms with Gasteiger partial charge in [-0.2, -0.15) is 5.10 Å². The predicted molar refractivity (Wildman–Crippen MR) is 96.3 cm³/mol. The van der Waals surface area contributed by atoms with Crippen LogP contribution in [0.5, 0.6) is 5.75 Å². The average molecular weight is 363 g/mol. The van der Waals surface area contributed by atoms with Crippen molar-refractivity contribution in [2.45, 2.75) is 6.10 Å². The topological polar surface area (TPSA) is 112 Å². The summed E-state index contributed by atoms with van der Waals surface area (Å²) < 4.78 is 10.9. The number of amides is 2. The fourth-order valence-electron chi connectivity index (χ4n) is 2.72. The first-order valence-electron chi connectivity index (χ1n) is 8.78. The third kappa shape index (κ3) is 5.07. The van der Waals surface area contributed by atoms with Gasteiger partial charge in [-0.3, -0.25) is 5.10 Å². The molecule has 1 saturated heterocycles. The number of aliphatic hydroxyl groups excluding tert-OH is 1. The van der Waals surface area contributed by atoms with Crippen LogP contribution < -0.4 is 15.4 Å². The van der Waals surface area contributed by atoms with Crippen LogP contribution >= 0.6 is 0 Å². The Morgan fingerprint density at radius 2 is 2.23 bits per heavy atom. The number of aromatic amines is 1. The van der Waals surface area contributed by atoms with E-state index in [-0.39, 0.29) is 12.6 Å². The lowest BCUT2D eigenvalue weighted by molar-refractivity contribution is 0.0532. The van der Waals surface area contributed by atoms with Gasteiger partial charge in [0.15, 0.2) is 0 Å². The van der Waals surface area contributed by atoms with Crippen LogP contribution in [0.1, 0.15) is 0 Å². The third-order valence-corrected chi connectivity index (χ3v) is 4.13. The molecule has 9 nitrogen and oxygen atoms in total. The van der Waals surface area contributed by atoms with E-state index in [2.05, 4.69) is 20.8 Å². The van der Waals surface area contributed by atoms with Crippen molar-refractivity contribution in [1.29, 1.82) is 0 Å². The first-order chi connectivity index (χ1) is 12.7. The first-order valence-corrected chi connectivity index (χ1v) is 8.78. The maximum atomic E-state index is 11.9. The van der Waals surface area contributed by atoms with Crippen LogP contribution in [0.15, 0.2) is 24.4 Å². The van der Waals surface area contributed by atoms with Gasteiger partial charge in [-0.1, -0.05) is 6.07 Å². The largest absolute Gasteiger partial charge is 0.490 e. The maximum Gasteiger partial charge on any atom is 0.317 e. The molecule has 2 amide bonds. The SMILES string of the molecule is O=C(NCCNC[C@H](O)COc1cccc2[nH]ncc12)N1CCOCC1. The molecular formula is C17H25N5O4. The van der Waals surface area contributed by atoms with Crippen LogP contribution in [0.3, 0.4) is 0 Å². The van der Waals surface area contributed by atoms with Crippen molar-refractivity contribution in [3.05, 3.63) is 24.4 Å². The molecule has 0 aliphatic carbocycles. The summed E-state index contributed by atoms with van der Waals surface area (Å²) in [7, 11) is 0. The number of nitrogens with zero attached hydrogens (tertiary/aromatic N) is 2. The third-order valence-electron chi connectivity index (χ3n) is 4.13. The number of ether oxygens (including phenoxy) is 2. The summed E-state index contributed by atoms with van der Waals surface area (Å²) in [6.45, 7) is 4.06. The van der Waals surface area contributed by atoms with Crippen molar-refractivity contribution in [2.75, 3.05) is 52.5 Å². The second-order valence-corrected chi connectivity index (χ2v) is 6.09. The van der Waals surface area contributed by atoms with Crippen molar-refractivity contribution in [2.24, 2.45) is 0 Å². The van der Waals surface area contributed by atoms with Gasteiger partial charge in [-0.05, 0) is 12.1 Å². The predicted octanol–water partition coefficient (Wildman–Crippen LogP) is -0.0660. The molecule has 0 unspecified atom stereocenters. The minimum atomic E-state index is -0.646. The number of rotatable bonds is 8. The fourth-order valence-corrected chi connectivity index (χ4v) is 2.72. The summed E-state index contributed by atoms with van der Waals surface area (Å²) in [5, 5.41) is 23.7. The maximum absolute atomic E-state index is 11.9. The fraction of sp³-hybridized carbons (Fsp3) is 0.529. The molecule has 4 N–H and O–H groups in total. The first kappa shape index (κ1) is 18.4. The standard InChI is InChI=1S/C17H25N5O4/c23-13(12-26-16-3-1-2-15-14(16)11-20-21-15)10-18-4-5-19-17(24)22-6-8-25-9-7-22/h1-3,11,13,18,23H,4-10,12H2,(H,19,24)(H,20,21)/t13-/m0/s1. The summed E-state index contributed by atoms with van der Waals surface area (Å²) in [6, 6.07) is 5.56. The summed E-state index contributed by atoms with van der Waals surface area (Å²) in [5.41, 5.74) is 0.895. The number of carbonyl (C=O) groups excluding carboxylic acids is 1. The Labute approximate surface area is 151 Å². The normalized spacial score (nSPS) is 15.8. The Balaban J connectivity index is 1.29. The molecule has 26 heavy (non-hydrogen) atoms. The molecule has 0 bridgehead atoms. The van der Waals surface area contributed by atoms with Gasteiger partial charge in [0.05, 0.1) is 30.3 Å². The van der Waals surface area contributed by atoms with Gasteiger partial charge >= 0.3 is 6.03 Å². The number of aromatic nitrogens is 2. The Kier molecular flexibility index (Phi) is 6.64.